The summed E-state index contributed by atoms with van der Waals surface area (Å²) < 4.78 is 46.3. The van der Waals surface area contributed by atoms with Gasteiger partial charge < -0.3 is 20.1 Å². The Bertz CT molecular complexity index is 1140. The van der Waals surface area contributed by atoms with Gasteiger partial charge in [0.15, 0.2) is 5.78 Å². The monoisotopic (exact) mass is 475 g/mol. The number of aromatic nitrogens is 2. The lowest BCUT2D eigenvalue weighted by Gasteiger charge is -2.18. The smallest absolute Gasteiger partial charge is 0.423 e. The van der Waals surface area contributed by atoms with Gasteiger partial charge in [-0.05, 0) is 29.2 Å². The second-order valence-corrected chi connectivity index (χ2v) is 8.11. The van der Waals surface area contributed by atoms with Crippen LogP contribution >= 0.6 is 0 Å². The zero-order valence-corrected chi connectivity index (χ0v) is 18.6. The van der Waals surface area contributed by atoms with Gasteiger partial charge in [-0.2, -0.15) is 13.2 Å². The van der Waals surface area contributed by atoms with Gasteiger partial charge in [0.05, 0.1) is 18.1 Å². The summed E-state index contributed by atoms with van der Waals surface area (Å²) in [6.07, 6.45) is -2.11. The molecule has 1 amide bonds. The molecule has 180 valence electrons. The summed E-state index contributed by atoms with van der Waals surface area (Å²) >= 11 is 0. The fraction of sp³-hybridized carbons (Fsp3) is 0.292. The Balaban J connectivity index is 1.69. The third-order valence-electron chi connectivity index (χ3n) is 4.93. The fourth-order valence-corrected chi connectivity index (χ4v) is 3.24. The first-order chi connectivity index (χ1) is 16.1. The predicted molar refractivity (Wildman–Crippen MR) is 117 cm³/mol. The number of aromatic amines is 1. The lowest BCUT2D eigenvalue weighted by atomic mass is 9.97. The Morgan fingerprint density at radius 3 is 2.38 bits per heavy atom. The summed E-state index contributed by atoms with van der Waals surface area (Å²) in [6, 6.07) is 8.94. The number of hydrogen-bond acceptors (Lipinski definition) is 5. The number of carbonyl (C=O) groups excluding carboxylic acids is 2. The quantitative estimate of drug-likeness (QED) is 0.383. The largest absolute Gasteiger partial charge is 0.506 e. The number of ketones is 1. The summed E-state index contributed by atoms with van der Waals surface area (Å²) in [4.78, 5) is 30.6. The van der Waals surface area contributed by atoms with Crippen LogP contribution in [0, 0.1) is 5.92 Å². The number of nitrogens with zero attached hydrogens (tertiary/aromatic N) is 1. The maximum absolute atomic E-state index is 13.7. The Kier molecular flexibility index (Phi) is 7.60. The first-order valence-corrected chi connectivity index (χ1v) is 10.5. The third kappa shape index (κ3) is 6.15. The Labute approximate surface area is 194 Å². The van der Waals surface area contributed by atoms with Crippen molar-refractivity contribution in [1.82, 2.24) is 15.3 Å². The molecule has 0 bridgehead atoms. The number of amides is 1. The molecular formula is C24H24F3N3O4. The maximum Gasteiger partial charge on any atom is 0.423 e. The van der Waals surface area contributed by atoms with E-state index in [1.165, 1.54) is 12.5 Å². The maximum atomic E-state index is 13.7. The average Bonchev–Trinajstić information content (AvgIpc) is 3.30. The number of ether oxygens (including phenoxy) is 1. The molecule has 34 heavy (non-hydrogen) atoms. The van der Waals surface area contributed by atoms with E-state index in [1.54, 1.807) is 38.1 Å². The zero-order chi connectivity index (χ0) is 24.9. The molecule has 7 nitrogen and oxygen atoms in total. The third-order valence-corrected chi connectivity index (χ3v) is 4.93. The van der Waals surface area contributed by atoms with Gasteiger partial charge in [0.1, 0.15) is 29.4 Å². The fourth-order valence-electron chi connectivity index (χ4n) is 3.24. The van der Waals surface area contributed by atoms with Gasteiger partial charge in [-0.15, -0.1) is 0 Å². The first kappa shape index (κ1) is 24.8. The van der Waals surface area contributed by atoms with Gasteiger partial charge in [-0.25, -0.2) is 4.98 Å². The van der Waals surface area contributed by atoms with Gasteiger partial charge in [0.2, 0.25) is 0 Å². The van der Waals surface area contributed by atoms with Crippen LogP contribution in [0.25, 0.3) is 0 Å². The molecule has 0 atom stereocenters. The van der Waals surface area contributed by atoms with Crippen LogP contribution in [0.1, 0.15) is 57.8 Å². The molecule has 3 aromatic rings. The Morgan fingerprint density at radius 2 is 1.79 bits per heavy atom. The molecule has 1 heterocycles. The SMILES string of the molecule is CC(C)CC(=O)c1ccc(OCc2ccc(CNC(=O)c3cnc[nH]3)cc2)c(C(F)(F)F)c1O. The molecule has 0 aliphatic carbocycles. The van der Waals surface area contributed by atoms with Gasteiger partial charge in [-0.1, -0.05) is 38.1 Å². The highest BCUT2D eigenvalue weighted by Gasteiger charge is 2.39. The molecule has 1 aromatic heterocycles. The second-order valence-electron chi connectivity index (χ2n) is 8.11. The highest BCUT2D eigenvalue weighted by Crippen LogP contribution is 2.44. The van der Waals surface area contributed by atoms with Crippen molar-refractivity contribution < 1.29 is 32.6 Å². The van der Waals surface area contributed by atoms with Crippen LogP contribution in [0.3, 0.4) is 0 Å². The van der Waals surface area contributed by atoms with Gasteiger partial charge in [-0.3, -0.25) is 9.59 Å². The molecule has 3 rings (SSSR count). The number of aromatic hydroxyl groups is 1. The van der Waals surface area contributed by atoms with Crippen LogP contribution in [0.5, 0.6) is 11.5 Å². The predicted octanol–water partition coefficient (Wildman–Crippen LogP) is 4.87. The van der Waals surface area contributed by atoms with Crippen molar-refractivity contribution in [2.24, 2.45) is 5.92 Å². The lowest BCUT2D eigenvalue weighted by Crippen LogP contribution is -2.23. The average molecular weight is 475 g/mol. The van der Waals surface area contributed by atoms with Gasteiger partial charge in [0, 0.05) is 13.0 Å². The van der Waals surface area contributed by atoms with E-state index in [2.05, 4.69) is 15.3 Å². The molecule has 3 N–H and O–H groups in total. The van der Waals surface area contributed by atoms with Crippen LogP contribution in [-0.2, 0) is 19.3 Å². The number of H-pyrrole nitrogens is 1. The Morgan fingerprint density at radius 1 is 1.12 bits per heavy atom. The van der Waals surface area contributed by atoms with Crippen LogP contribution in [-0.4, -0.2) is 26.8 Å². The van der Waals surface area contributed by atoms with Crippen molar-refractivity contribution in [1.29, 1.82) is 0 Å². The summed E-state index contributed by atoms with van der Waals surface area (Å²) in [7, 11) is 0. The first-order valence-electron chi connectivity index (χ1n) is 10.5. The molecule has 0 spiro atoms. The molecule has 0 radical (unpaired) electrons. The van der Waals surface area contributed by atoms with Crippen LogP contribution < -0.4 is 10.1 Å². The molecule has 0 unspecified atom stereocenters. The molecule has 2 aromatic carbocycles. The number of phenols is 1. The number of alkyl halides is 3. The summed E-state index contributed by atoms with van der Waals surface area (Å²) in [5, 5.41) is 12.9. The molecule has 0 saturated carbocycles. The van der Waals surface area contributed by atoms with Crippen molar-refractivity contribution in [2.75, 3.05) is 0 Å². The second kappa shape index (κ2) is 10.4. The number of imidazole rings is 1. The highest BCUT2D eigenvalue weighted by molar-refractivity contribution is 5.99. The van der Waals surface area contributed by atoms with Crippen molar-refractivity contribution in [3.8, 4) is 11.5 Å². The van der Waals surface area contributed by atoms with E-state index in [0.717, 1.165) is 17.7 Å². The van der Waals surface area contributed by atoms with Crippen molar-refractivity contribution >= 4 is 11.7 Å². The number of phenolic OH excluding ortho intramolecular Hbond substituents is 1. The number of rotatable bonds is 9. The topological polar surface area (TPSA) is 104 Å². The molecule has 0 saturated heterocycles. The Hall–Kier alpha value is -3.82. The molecule has 0 aliphatic heterocycles. The lowest BCUT2D eigenvalue weighted by molar-refractivity contribution is -0.140. The standard InChI is InChI=1S/C24H24F3N3O4/c1-14(2)9-19(31)17-7-8-20(21(22(17)32)24(25,26)27)34-12-16-5-3-15(4-6-16)10-29-23(33)18-11-28-13-30-18/h3-8,11,13-14,32H,9-10,12H2,1-2H3,(H,28,30)(H,29,33). The van der Waals surface area contributed by atoms with Crippen molar-refractivity contribution in [2.45, 2.75) is 39.6 Å². The van der Waals surface area contributed by atoms with E-state index in [1.807, 2.05) is 0 Å². The minimum absolute atomic E-state index is 0.0136. The summed E-state index contributed by atoms with van der Waals surface area (Å²) in [6.45, 7) is 3.57. The minimum atomic E-state index is -4.91. The summed E-state index contributed by atoms with van der Waals surface area (Å²) in [5.41, 5.74) is -0.0738. The van der Waals surface area contributed by atoms with Gasteiger partial charge >= 0.3 is 6.18 Å². The van der Waals surface area contributed by atoms with Crippen molar-refractivity contribution in [3.63, 3.8) is 0 Å². The number of halogens is 3. The highest BCUT2D eigenvalue weighted by atomic mass is 19.4. The van der Waals surface area contributed by atoms with Crippen LogP contribution in [0.4, 0.5) is 13.2 Å². The van der Waals surface area contributed by atoms with Crippen LogP contribution in [0.15, 0.2) is 48.9 Å². The molecule has 0 aliphatic rings. The van der Waals surface area contributed by atoms with E-state index >= 15 is 0 Å². The number of nitrogens with one attached hydrogen (secondary N) is 2. The molecule has 0 fully saturated rings. The van der Waals surface area contributed by atoms with E-state index < -0.39 is 29.0 Å². The number of Topliss-reactive ketones (excluding diaryl/α,β-unsaturated/α-hetero) is 1. The van der Waals surface area contributed by atoms with E-state index in [-0.39, 0.29) is 37.0 Å². The minimum Gasteiger partial charge on any atom is -0.506 e. The molecular weight excluding hydrogens is 451 g/mol. The normalized spacial score (nSPS) is 11.5. The number of carbonyl (C=O) groups is 2. The van der Waals surface area contributed by atoms with E-state index in [0.29, 0.717) is 11.3 Å². The summed E-state index contributed by atoms with van der Waals surface area (Å²) in [5.74, 6) is -2.65. The van der Waals surface area contributed by atoms with Gasteiger partial charge in [0.25, 0.3) is 5.91 Å². The molecule has 10 heteroatoms. The van der Waals surface area contributed by atoms with Crippen LogP contribution in [0.2, 0.25) is 0 Å². The van der Waals surface area contributed by atoms with Crippen molar-refractivity contribution in [3.05, 3.63) is 76.9 Å². The van der Waals surface area contributed by atoms with E-state index in [9.17, 15) is 27.9 Å². The number of benzene rings is 2. The zero-order valence-electron chi connectivity index (χ0n) is 18.6. The van der Waals surface area contributed by atoms with E-state index in [4.69, 9.17) is 4.74 Å². The number of hydrogen-bond donors (Lipinski definition) is 3.